The lowest BCUT2D eigenvalue weighted by Gasteiger charge is -2.18. The molecule has 0 aliphatic rings. The van der Waals surface area contributed by atoms with Gasteiger partial charge in [0, 0.05) is 18.9 Å². The van der Waals surface area contributed by atoms with Crippen molar-refractivity contribution in [1.82, 2.24) is 0 Å². The van der Waals surface area contributed by atoms with Crippen LogP contribution in [0.5, 0.6) is 5.75 Å². The second-order valence-electron chi connectivity index (χ2n) is 3.69. The lowest BCUT2D eigenvalue weighted by molar-refractivity contribution is -0.157. The number of phenolic OH excluding ortho intramolecular Hbond substituents is 1. The highest BCUT2D eigenvalue weighted by atomic mass is 16.6. The van der Waals surface area contributed by atoms with Crippen molar-refractivity contribution in [2.75, 3.05) is 6.61 Å². The van der Waals surface area contributed by atoms with Gasteiger partial charge in [0.2, 0.25) is 0 Å². The molecule has 0 aliphatic carbocycles. The molecule has 0 bridgehead atoms. The molecule has 1 atom stereocenters. The molecular weight excluding hydrogens is 236 g/mol. The standard InChI is InChI=1S/C13H16O5/c1-3-13(16)17-8-12(18-9(2)14)10-6-4-5-7-11(10)15/h4-7,12,15H,3,8H2,1-2H3/t12-/m0/s1. The van der Waals surface area contributed by atoms with E-state index in [1.54, 1.807) is 25.1 Å². The third-order valence-electron chi connectivity index (χ3n) is 2.28. The molecule has 98 valence electrons. The van der Waals surface area contributed by atoms with Gasteiger partial charge in [-0.25, -0.2) is 0 Å². The van der Waals surface area contributed by atoms with Crippen molar-refractivity contribution in [3.63, 3.8) is 0 Å². The maximum absolute atomic E-state index is 11.1. The Bertz CT molecular complexity index is 427. The summed E-state index contributed by atoms with van der Waals surface area (Å²) in [6, 6.07) is 6.45. The molecule has 0 aromatic heterocycles. The van der Waals surface area contributed by atoms with Crippen LogP contribution in [0.15, 0.2) is 24.3 Å². The van der Waals surface area contributed by atoms with E-state index in [0.29, 0.717) is 5.56 Å². The van der Waals surface area contributed by atoms with Crippen LogP contribution >= 0.6 is 0 Å². The number of carbonyl (C=O) groups excluding carboxylic acids is 2. The predicted octanol–water partition coefficient (Wildman–Crippen LogP) is 1.95. The number of carbonyl (C=O) groups is 2. The van der Waals surface area contributed by atoms with Crippen molar-refractivity contribution in [2.45, 2.75) is 26.4 Å². The topological polar surface area (TPSA) is 72.8 Å². The van der Waals surface area contributed by atoms with Crippen molar-refractivity contribution >= 4 is 11.9 Å². The van der Waals surface area contributed by atoms with Crippen molar-refractivity contribution in [1.29, 1.82) is 0 Å². The zero-order valence-corrected chi connectivity index (χ0v) is 10.4. The second kappa shape index (κ2) is 6.64. The summed E-state index contributed by atoms with van der Waals surface area (Å²) in [5.41, 5.74) is 0.414. The summed E-state index contributed by atoms with van der Waals surface area (Å²) in [6.45, 7) is 2.82. The van der Waals surface area contributed by atoms with Gasteiger partial charge in [0.25, 0.3) is 0 Å². The van der Waals surface area contributed by atoms with Crippen LogP contribution in [-0.2, 0) is 19.1 Å². The molecule has 1 aromatic carbocycles. The van der Waals surface area contributed by atoms with Crippen LogP contribution in [0, 0.1) is 0 Å². The molecule has 1 rings (SSSR count). The summed E-state index contributed by atoms with van der Waals surface area (Å²) in [5.74, 6) is -0.894. The highest BCUT2D eigenvalue weighted by Gasteiger charge is 2.19. The number of esters is 2. The third-order valence-corrected chi connectivity index (χ3v) is 2.28. The van der Waals surface area contributed by atoms with Gasteiger partial charge in [-0.3, -0.25) is 9.59 Å². The largest absolute Gasteiger partial charge is 0.508 e. The first-order valence-electron chi connectivity index (χ1n) is 5.65. The maximum Gasteiger partial charge on any atom is 0.305 e. The zero-order valence-electron chi connectivity index (χ0n) is 10.4. The van der Waals surface area contributed by atoms with Crippen LogP contribution in [-0.4, -0.2) is 23.7 Å². The van der Waals surface area contributed by atoms with Gasteiger partial charge < -0.3 is 14.6 Å². The molecule has 5 nitrogen and oxygen atoms in total. The van der Waals surface area contributed by atoms with Gasteiger partial charge in [0.1, 0.15) is 12.4 Å². The normalized spacial score (nSPS) is 11.7. The summed E-state index contributed by atoms with van der Waals surface area (Å²) in [4.78, 5) is 22.1. The fourth-order valence-corrected chi connectivity index (χ4v) is 1.42. The van der Waals surface area contributed by atoms with Crippen LogP contribution in [0.2, 0.25) is 0 Å². The second-order valence-corrected chi connectivity index (χ2v) is 3.69. The van der Waals surface area contributed by atoms with Gasteiger partial charge in [0.05, 0.1) is 0 Å². The molecule has 0 radical (unpaired) electrons. The number of hydrogen-bond donors (Lipinski definition) is 1. The Balaban J connectivity index is 2.81. The molecular formula is C13H16O5. The number of benzene rings is 1. The van der Waals surface area contributed by atoms with Gasteiger partial charge in [-0.05, 0) is 6.07 Å². The Kier molecular flexibility index (Phi) is 5.17. The summed E-state index contributed by atoms with van der Waals surface area (Å²) in [7, 11) is 0. The highest BCUT2D eigenvalue weighted by molar-refractivity contribution is 5.69. The fourth-order valence-electron chi connectivity index (χ4n) is 1.42. The minimum atomic E-state index is -0.792. The maximum atomic E-state index is 11.1. The van der Waals surface area contributed by atoms with E-state index in [4.69, 9.17) is 9.47 Å². The van der Waals surface area contributed by atoms with Crippen LogP contribution in [0.25, 0.3) is 0 Å². The number of ether oxygens (including phenoxy) is 2. The zero-order chi connectivity index (χ0) is 13.5. The first kappa shape index (κ1) is 14.0. The Morgan fingerprint density at radius 3 is 2.56 bits per heavy atom. The molecule has 0 saturated heterocycles. The Hall–Kier alpha value is -2.04. The molecule has 1 aromatic rings. The SMILES string of the molecule is CCC(=O)OC[C@H](OC(C)=O)c1ccccc1O. The number of para-hydroxylation sites is 1. The van der Waals surface area contributed by atoms with Crippen LogP contribution in [0.4, 0.5) is 0 Å². The van der Waals surface area contributed by atoms with Crippen molar-refractivity contribution in [2.24, 2.45) is 0 Å². The van der Waals surface area contributed by atoms with E-state index in [1.807, 2.05) is 0 Å². The van der Waals surface area contributed by atoms with Crippen LogP contribution in [0.3, 0.4) is 0 Å². The molecule has 0 saturated carbocycles. The quantitative estimate of drug-likeness (QED) is 0.811. The monoisotopic (exact) mass is 252 g/mol. The first-order valence-corrected chi connectivity index (χ1v) is 5.65. The number of aromatic hydroxyl groups is 1. The van der Waals surface area contributed by atoms with E-state index in [0.717, 1.165) is 0 Å². The van der Waals surface area contributed by atoms with Crippen molar-refractivity contribution in [3.8, 4) is 5.75 Å². The number of phenols is 1. The van der Waals surface area contributed by atoms with Crippen LogP contribution in [0.1, 0.15) is 31.9 Å². The smallest absolute Gasteiger partial charge is 0.305 e. The van der Waals surface area contributed by atoms with Gasteiger partial charge in [-0.1, -0.05) is 25.1 Å². The Morgan fingerprint density at radius 2 is 2.00 bits per heavy atom. The summed E-state index contributed by atoms with van der Waals surface area (Å²) in [5, 5.41) is 9.68. The molecule has 5 heteroatoms. The minimum Gasteiger partial charge on any atom is -0.508 e. The molecule has 0 fully saturated rings. The lowest BCUT2D eigenvalue weighted by Crippen LogP contribution is -2.17. The Morgan fingerprint density at radius 1 is 1.33 bits per heavy atom. The molecule has 1 N–H and O–H groups in total. The molecule has 0 amide bonds. The molecule has 0 aliphatic heterocycles. The van der Waals surface area contributed by atoms with E-state index >= 15 is 0 Å². The van der Waals surface area contributed by atoms with Gasteiger partial charge in [-0.2, -0.15) is 0 Å². The average molecular weight is 252 g/mol. The molecule has 0 spiro atoms. The summed E-state index contributed by atoms with van der Waals surface area (Å²) >= 11 is 0. The van der Waals surface area contributed by atoms with E-state index in [1.165, 1.54) is 13.0 Å². The van der Waals surface area contributed by atoms with Gasteiger partial charge in [-0.15, -0.1) is 0 Å². The average Bonchev–Trinajstić information content (AvgIpc) is 2.34. The van der Waals surface area contributed by atoms with E-state index in [-0.39, 0.29) is 24.7 Å². The molecule has 0 unspecified atom stereocenters. The fraction of sp³-hybridized carbons (Fsp3) is 0.385. The highest BCUT2D eigenvalue weighted by Crippen LogP contribution is 2.26. The predicted molar refractivity (Wildman–Crippen MR) is 63.9 cm³/mol. The summed E-state index contributed by atoms with van der Waals surface area (Å²) < 4.78 is 9.97. The van der Waals surface area contributed by atoms with Gasteiger partial charge >= 0.3 is 11.9 Å². The van der Waals surface area contributed by atoms with Crippen molar-refractivity contribution in [3.05, 3.63) is 29.8 Å². The number of hydrogen-bond acceptors (Lipinski definition) is 5. The van der Waals surface area contributed by atoms with Crippen LogP contribution < -0.4 is 0 Å². The minimum absolute atomic E-state index is 0.00343. The number of rotatable bonds is 5. The van der Waals surface area contributed by atoms with E-state index < -0.39 is 12.1 Å². The van der Waals surface area contributed by atoms with E-state index in [2.05, 4.69) is 0 Å². The molecule has 0 heterocycles. The summed E-state index contributed by atoms with van der Waals surface area (Å²) in [6.07, 6.45) is -0.549. The first-order chi connectivity index (χ1) is 8.54. The van der Waals surface area contributed by atoms with Crippen molar-refractivity contribution < 1.29 is 24.2 Å². The Labute approximate surface area is 105 Å². The lowest BCUT2D eigenvalue weighted by atomic mass is 10.1. The molecule has 18 heavy (non-hydrogen) atoms. The van der Waals surface area contributed by atoms with Gasteiger partial charge in [0.15, 0.2) is 6.10 Å². The third kappa shape index (κ3) is 4.08. The van der Waals surface area contributed by atoms with E-state index in [9.17, 15) is 14.7 Å².